The number of nitrogens with one attached hydrogen (secondary N) is 1. The second-order valence-electron chi connectivity index (χ2n) is 3.72. The Morgan fingerprint density at radius 1 is 1.38 bits per heavy atom. The summed E-state index contributed by atoms with van der Waals surface area (Å²) in [5, 5.41) is 31.9. The molecule has 0 amide bonds. The zero-order chi connectivity index (χ0) is 12.1. The number of aliphatic hydroxyl groups is 2. The molecule has 0 saturated carbocycles. The third kappa shape index (κ3) is 3.10. The molecule has 6 N–H and O–H groups in total. The first-order valence-electron chi connectivity index (χ1n) is 5.15. The minimum atomic E-state index is -1.13. The maximum Gasteiger partial charge on any atom is 0.121 e. The highest BCUT2D eigenvalue weighted by Crippen LogP contribution is 2.29. The minimum absolute atomic E-state index is 0.0646. The second kappa shape index (κ2) is 5.69. The van der Waals surface area contributed by atoms with Crippen molar-refractivity contribution < 1.29 is 15.3 Å². The van der Waals surface area contributed by atoms with Crippen LogP contribution < -0.4 is 11.1 Å². The SMILES string of the molecule is CNCCC(O)C(O)c1cc(N)ccc1O. The van der Waals surface area contributed by atoms with Crippen LogP contribution in [-0.2, 0) is 0 Å². The van der Waals surface area contributed by atoms with Crippen LogP contribution >= 0.6 is 0 Å². The van der Waals surface area contributed by atoms with Crippen molar-refractivity contribution >= 4 is 5.69 Å². The van der Waals surface area contributed by atoms with Crippen LogP contribution in [0.4, 0.5) is 5.69 Å². The van der Waals surface area contributed by atoms with Crippen LogP contribution in [0.1, 0.15) is 18.1 Å². The van der Waals surface area contributed by atoms with Crippen molar-refractivity contribution in [3.8, 4) is 5.75 Å². The number of anilines is 1. The molecule has 0 saturated heterocycles. The third-order valence-corrected chi connectivity index (χ3v) is 2.42. The van der Waals surface area contributed by atoms with E-state index in [1.165, 1.54) is 18.2 Å². The number of nitrogen functional groups attached to an aromatic ring is 1. The summed E-state index contributed by atoms with van der Waals surface area (Å²) in [4.78, 5) is 0. The Morgan fingerprint density at radius 2 is 2.06 bits per heavy atom. The van der Waals surface area contributed by atoms with Gasteiger partial charge in [-0.05, 0) is 38.2 Å². The summed E-state index contributed by atoms with van der Waals surface area (Å²) >= 11 is 0. The van der Waals surface area contributed by atoms with Gasteiger partial charge in [0, 0.05) is 11.3 Å². The quantitative estimate of drug-likeness (QED) is 0.359. The van der Waals surface area contributed by atoms with E-state index < -0.39 is 12.2 Å². The largest absolute Gasteiger partial charge is 0.508 e. The van der Waals surface area contributed by atoms with E-state index in [-0.39, 0.29) is 11.3 Å². The Hall–Kier alpha value is -1.30. The van der Waals surface area contributed by atoms with Gasteiger partial charge in [-0.3, -0.25) is 0 Å². The average Bonchev–Trinajstić information content (AvgIpc) is 2.28. The van der Waals surface area contributed by atoms with E-state index in [0.717, 1.165) is 0 Å². The fourth-order valence-electron chi connectivity index (χ4n) is 1.47. The molecule has 16 heavy (non-hydrogen) atoms. The van der Waals surface area contributed by atoms with Gasteiger partial charge in [0.2, 0.25) is 0 Å². The van der Waals surface area contributed by atoms with Crippen LogP contribution in [-0.4, -0.2) is 35.0 Å². The van der Waals surface area contributed by atoms with E-state index in [2.05, 4.69) is 5.32 Å². The summed E-state index contributed by atoms with van der Waals surface area (Å²) in [5.41, 5.74) is 6.24. The van der Waals surface area contributed by atoms with Gasteiger partial charge in [-0.25, -0.2) is 0 Å². The van der Waals surface area contributed by atoms with E-state index in [1.807, 2.05) is 0 Å². The van der Waals surface area contributed by atoms with Crippen molar-refractivity contribution in [2.75, 3.05) is 19.3 Å². The van der Waals surface area contributed by atoms with Crippen molar-refractivity contribution in [1.29, 1.82) is 0 Å². The normalized spacial score (nSPS) is 14.7. The first kappa shape index (κ1) is 12.8. The number of aromatic hydroxyl groups is 1. The number of hydrogen-bond acceptors (Lipinski definition) is 5. The number of hydrogen-bond donors (Lipinski definition) is 5. The molecule has 0 fully saturated rings. The highest BCUT2D eigenvalue weighted by Gasteiger charge is 2.20. The summed E-state index contributed by atoms with van der Waals surface area (Å²) in [5.74, 6) is -0.0646. The van der Waals surface area contributed by atoms with Crippen LogP contribution in [0.5, 0.6) is 5.75 Å². The van der Waals surface area contributed by atoms with Gasteiger partial charge in [-0.1, -0.05) is 0 Å². The van der Waals surface area contributed by atoms with E-state index in [9.17, 15) is 15.3 Å². The lowest BCUT2D eigenvalue weighted by molar-refractivity contribution is 0.0128. The summed E-state index contributed by atoms with van der Waals surface area (Å²) in [6, 6.07) is 4.40. The second-order valence-corrected chi connectivity index (χ2v) is 3.72. The third-order valence-electron chi connectivity index (χ3n) is 2.42. The fourth-order valence-corrected chi connectivity index (χ4v) is 1.47. The molecule has 5 nitrogen and oxygen atoms in total. The molecule has 0 radical (unpaired) electrons. The molecule has 0 aliphatic heterocycles. The van der Waals surface area contributed by atoms with Gasteiger partial charge in [-0.2, -0.15) is 0 Å². The summed E-state index contributed by atoms with van der Waals surface area (Å²) in [7, 11) is 1.76. The predicted molar refractivity (Wildman–Crippen MR) is 62.0 cm³/mol. The lowest BCUT2D eigenvalue weighted by Crippen LogP contribution is -2.23. The topological polar surface area (TPSA) is 98.7 Å². The van der Waals surface area contributed by atoms with E-state index in [0.29, 0.717) is 18.7 Å². The molecule has 1 aromatic rings. The predicted octanol–water partition coefficient (Wildman–Crippen LogP) is -0.0218. The van der Waals surface area contributed by atoms with E-state index in [1.54, 1.807) is 7.05 Å². The molecule has 0 bridgehead atoms. The zero-order valence-electron chi connectivity index (χ0n) is 9.22. The van der Waals surface area contributed by atoms with Gasteiger partial charge in [-0.15, -0.1) is 0 Å². The molecule has 0 spiro atoms. The van der Waals surface area contributed by atoms with E-state index >= 15 is 0 Å². The highest BCUT2D eigenvalue weighted by molar-refractivity contribution is 5.48. The van der Waals surface area contributed by atoms with Gasteiger partial charge in [0.1, 0.15) is 11.9 Å². The molecule has 2 unspecified atom stereocenters. The van der Waals surface area contributed by atoms with Crippen molar-refractivity contribution in [2.45, 2.75) is 18.6 Å². The standard InChI is InChI=1S/C11H18N2O3/c1-13-5-4-10(15)11(16)8-6-7(12)2-3-9(8)14/h2-3,6,10-11,13-16H,4-5,12H2,1H3. The number of phenolic OH excluding ortho intramolecular Hbond substituents is 1. The summed E-state index contributed by atoms with van der Waals surface area (Å²) in [6.45, 7) is 0.585. The molecule has 90 valence electrons. The molecular weight excluding hydrogens is 208 g/mol. The number of benzene rings is 1. The smallest absolute Gasteiger partial charge is 0.121 e. The van der Waals surface area contributed by atoms with Gasteiger partial charge in [0.15, 0.2) is 0 Å². The van der Waals surface area contributed by atoms with Crippen LogP contribution in [0.25, 0.3) is 0 Å². The monoisotopic (exact) mass is 226 g/mol. The highest BCUT2D eigenvalue weighted by atomic mass is 16.3. The minimum Gasteiger partial charge on any atom is -0.508 e. The molecule has 1 rings (SSSR count). The molecule has 0 aliphatic rings. The number of aliphatic hydroxyl groups excluding tert-OH is 2. The number of phenols is 1. The Labute approximate surface area is 94.5 Å². The molecule has 1 aromatic carbocycles. The van der Waals surface area contributed by atoms with Crippen molar-refractivity contribution in [3.05, 3.63) is 23.8 Å². The van der Waals surface area contributed by atoms with Crippen molar-refractivity contribution in [2.24, 2.45) is 0 Å². The summed E-state index contributed by atoms with van der Waals surface area (Å²) in [6.07, 6.45) is -1.66. The molecule has 0 aromatic heterocycles. The number of nitrogens with two attached hydrogens (primary N) is 1. The molecule has 5 heteroatoms. The van der Waals surface area contributed by atoms with Gasteiger partial charge in [0.25, 0.3) is 0 Å². The van der Waals surface area contributed by atoms with Crippen LogP contribution in [0.3, 0.4) is 0 Å². The van der Waals surface area contributed by atoms with Crippen molar-refractivity contribution in [3.63, 3.8) is 0 Å². The summed E-state index contributed by atoms with van der Waals surface area (Å²) < 4.78 is 0. The Kier molecular flexibility index (Phi) is 4.54. The first-order valence-corrected chi connectivity index (χ1v) is 5.15. The van der Waals surface area contributed by atoms with E-state index in [4.69, 9.17) is 5.73 Å². The van der Waals surface area contributed by atoms with Crippen molar-refractivity contribution in [1.82, 2.24) is 5.32 Å². The average molecular weight is 226 g/mol. The Morgan fingerprint density at radius 3 is 2.69 bits per heavy atom. The zero-order valence-corrected chi connectivity index (χ0v) is 9.22. The lowest BCUT2D eigenvalue weighted by atomic mass is 10.0. The van der Waals surface area contributed by atoms with Gasteiger partial charge >= 0.3 is 0 Å². The Balaban J connectivity index is 2.78. The molecule has 0 aliphatic carbocycles. The van der Waals surface area contributed by atoms with Crippen LogP contribution in [0.15, 0.2) is 18.2 Å². The first-order chi connectivity index (χ1) is 7.56. The maximum atomic E-state index is 9.83. The molecule has 0 heterocycles. The fraction of sp³-hybridized carbons (Fsp3) is 0.455. The Bertz CT molecular complexity index is 344. The number of rotatable bonds is 5. The molecular formula is C11H18N2O3. The van der Waals surface area contributed by atoms with Gasteiger partial charge in [0.05, 0.1) is 6.10 Å². The van der Waals surface area contributed by atoms with Crippen LogP contribution in [0.2, 0.25) is 0 Å². The van der Waals surface area contributed by atoms with Gasteiger partial charge < -0.3 is 26.4 Å². The lowest BCUT2D eigenvalue weighted by Gasteiger charge is -2.19. The molecule has 2 atom stereocenters. The maximum absolute atomic E-state index is 9.83. The van der Waals surface area contributed by atoms with Crippen LogP contribution in [0, 0.1) is 0 Å².